The van der Waals surface area contributed by atoms with Gasteiger partial charge in [-0.25, -0.2) is 0 Å². The highest BCUT2D eigenvalue weighted by atomic mass is 16.5. The van der Waals surface area contributed by atoms with Gasteiger partial charge in [-0.2, -0.15) is 0 Å². The van der Waals surface area contributed by atoms with Gasteiger partial charge in [0.05, 0.1) is 19.3 Å². The molecule has 0 spiro atoms. The normalized spacial score (nSPS) is 13.5. The van der Waals surface area contributed by atoms with Crippen LogP contribution in [0.1, 0.15) is 218 Å². The van der Waals surface area contributed by atoms with Crippen LogP contribution in [-0.4, -0.2) is 84.8 Å². The Morgan fingerprint density at radius 1 is 0.500 bits per heavy atom. The summed E-state index contributed by atoms with van der Waals surface area (Å²) < 4.78 is 24.3. The Morgan fingerprint density at radius 2 is 0.900 bits per heavy atom. The third kappa shape index (κ3) is 24.6. The molecule has 0 aromatic heterocycles. The van der Waals surface area contributed by atoms with Crippen LogP contribution in [0, 0.1) is 0 Å². The molecule has 0 aliphatic rings. The minimum Gasteiger partial charge on any atom is -0.497 e. The lowest BCUT2D eigenvalue weighted by molar-refractivity contribution is -0.150. The summed E-state index contributed by atoms with van der Waals surface area (Å²) in [5.41, 5.74) is 2.15. The first-order valence-corrected chi connectivity index (χ1v) is 28.1. The zero-order valence-electron chi connectivity index (χ0n) is 44.6. The molecule has 4 atom stereocenters. The van der Waals surface area contributed by atoms with Crippen molar-refractivity contribution in [3.63, 3.8) is 0 Å². The molecule has 2 N–H and O–H groups in total. The molecule has 3 aromatic rings. The van der Waals surface area contributed by atoms with Crippen molar-refractivity contribution in [3.05, 3.63) is 102 Å². The van der Waals surface area contributed by atoms with E-state index in [0.717, 1.165) is 99.5 Å². The van der Waals surface area contributed by atoms with Gasteiger partial charge < -0.3 is 29.2 Å². The van der Waals surface area contributed by atoms with Gasteiger partial charge in [0, 0.05) is 39.1 Å². The largest absolute Gasteiger partial charge is 0.497 e. The first-order valence-electron chi connectivity index (χ1n) is 28.1. The maximum Gasteiger partial charge on any atom is 0.306 e. The topological polar surface area (TPSA) is 115 Å². The maximum absolute atomic E-state index is 12.7. The van der Waals surface area contributed by atoms with E-state index in [1.165, 1.54) is 64.2 Å². The molecule has 0 aliphatic carbocycles. The summed E-state index contributed by atoms with van der Waals surface area (Å²) in [5, 5.41) is 22.8. The summed E-state index contributed by atoms with van der Waals surface area (Å²) in [6.45, 7) is 10.6. The number of carbonyl (C=O) groups excluding carboxylic acids is 2. The standard InChI is InChI=1S/C61H97NO8/c1-6-10-12-14-16-28-39-56(8-3)69-59(65)41-30-20-26-37-54(63)49-62(50-55(64)38-27-21-31-42-60(66)70-57(9-4)40-29-17-15-13-11-7-2)47-32-48-68-61(51-33-22-18-23-34-51,52-35-24-19-25-36-52)53-43-45-58(67-5)46-44-53/h18-19,22-25,33-36,43-46,54-57,63-64H,6-17,20-21,26-32,37-42,47-50H2,1-5H3. The quantitative estimate of drug-likeness (QED) is 0.0325. The van der Waals surface area contributed by atoms with Crippen molar-refractivity contribution in [2.45, 2.75) is 231 Å². The van der Waals surface area contributed by atoms with Gasteiger partial charge in [0.1, 0.15) is 23.6 Å². The SMILES string of the molecule is CCCCCCCCC(CC)OC(=O)CCCCCC(O)CN(CCCOC(c1ccccc1)(c1ccccc1)c1ccc(OC)cc1)CC(O)CCCCCC(=O)OC(CC)CCCCCCCC. The second kappa shape index (κ2) is 37.9. The van der Waals surface area contributed by atoms with E-state index in [9.17, 15) is 19.8 Å². The van der Waals surface area contributed by atoms with E-state index >= 15 is 0 Å². The lowest BCUT2D eigenvalue weighted by Gasteiger charge is -2.36. The smallest absolute Gasteiger partial charge is 0.306 e. The Hall–Kier alpha value is -3.76. The van der Waals surface area contributed by atoms with Crippen LogP contribution in [0.25, 0.3) is 0 Å². The van der Waals surface area contributed by atoms with Crippen molar-refractivity contribution in [1.82, 2.24) is 4.90 Å². The van der Waals surface area contributed by atoms with E-state index < -0.39 is 17.8 Å². The van der Waals surface area contributed by atoms with Crippen molar-refractivity contribution in [3.8, 4) is 5.75 Å². The fourth-order valence-electron chi connectivity index (χ4n) is 9.61. The van der Waals surface area contributed by atoms with Crippen LogP contribution in [-0.2, 0) is 29.4 Å². The van der Waals surface area contributed by atoms with Crippen LogP contribution < -0.4 is 4.74 Å². The monoisotopic (exact) mass is 972 g/mol. The molecular weight excluding hydrogens is 875 g/mol. The van der Waals surface area contributed by atoms with Crippen LogP contribution in [0.3, 0.4) is 0 Å². The van der Waals surface area contributed by atoms with Crippen LogP contribution in [0.2, 0.25) is 0 Å². The summed E-state index contributed by atoms with van der Waals surface area (Å²) in [7, 11) is 1.67. The van der Waals surface area contributed by atoms with Gasteiger partial charge in [0.25, 0.3) is 0 Å². The predicted octanol–water partition coefficient (Wildman–Crippen LogP) is 14.5. The lowest BCUT2D eigenvalue weighted by atomic mass is 9.80. The molecule has 9 heteroatoms. The van der Waals surface area contributed by atoms with E-state index in [-0.39, 0.29) is 24.1 Å². The Balaban J connectivity index is 1.57. The molecule has 0 saturated heterocycles. The summed E-state index contributed by atoms with van der Waals surface area (Å²) in [4.78, 5) is 27.6. The number of methoxy groups -OCH3 is 1. The van der Waals surface area contributed by atoms with Gasteiger partial charge in [-0.3, -0.25) is 14.5 Å². The molecule has 9 nitrogen and oxygen atoms in total. The van der Waals surface area contributed by atoms with Gasteiger partial charge in [-0.1, -0.05) is 190 Å². The van der Waals surface area contributed by atoms with Crippen molar-refractivity contribution in [2.75, 3.05) is 33.4 Å². The van der Waals surface area contributed by atoms with Crippen molar-refractivity contribution in [1.29, 1.82) is 0 Å². The average molecular weight is 972 g/mol. The molecule has 0 saturated carbocycles. The number of ether oxygens (including phenoxy) is 4. The van der Waals surface area contributed by atoms with Crippen LogP contribution in [0.4, 0.5) is 0 Å². The molecule has 0 amide bonds. The van der Waals surface area contributed by atoms with Crippen molar-refractivity contribution >= 4 is 11.9 Å². The van der Waals surface area contributed by atoms with Gasteiger partial charge in [-0.15, -0.1) is 0 Å². The number of nitrogens with zero attached hydrogens (tertiary/aromatic N) is 1. The zero-order valence-corrected chi connectivity index (χ0v) is 44.6. The molecular formula is C61H97NO8. The number of rotatable bonds is 43. The molecule has 4 unspecified atom stereocenters. The molecule has 0 radical (unpaired) electrons. The highest BCUT2D eigenvalue weighted by molar-refractivity contribution is 5.69. The predicted molar refractivity (Wildman–Crippen MR) is 287 cm³/mol. The van der Waals surface area contributed by atoms with E-state index in [1.807, 2.05) is 48.5 Å². The molecule has 0 aliphatic heterocycles. The highest BCUT2D eigenvalue weighted by Gasteiger charge is 2.37. The molecule has 0 heterocycles. The molecule has 3 aromatic carbocycles. The number of benzene rings is 3. The summed E-state index contributed by atoms with van der Waals surface area (Å²) >= 11 is 0. The lowest BCUT2D eigenvalue weighted by Crippen LogP contribution is -2.39. The number of hydrogen-bond acceptors (Lipinski definition) is 9. The number of esters is 2. The Morgan fingerprint density at radius 3 is 1.33 bits per heavy atom. The average Bonchev–Trinajstić information content (AvgIpc) is 3.38. The summed E-state index contributed by atoms with van der Waals surface area (Å²) in [6, 6.07) is 28.7. The number of carbonyl (C=O) groups is 2. The van der Waals surface area contributed by atoms with Gasteiger partial charge >= 0.3 is 11.9 Å². The second-order valence-electron chi connectivity index (χ2n) is 19.8. The molecule has 3 rings (SSSR count). The summed E-state index contributed by atoms with van der Waals surface area (Å²) in [5.74, 6) is 0.551. The minimum atomic E-state index is -0.881. The van der Waals surface area contributed by atoms with Gasteiger partial charge in [-0.05, 0) is 99.5 Å². The van der Waals surface area contributed by atoms with Gasteiger partial charge in [0.15, 0.2) is 0 Å². The second-order valence-corrected chi connectivity index (χ2v) is 19.8. The highest BCUT2D eigenvalue weighted by Crippen LogP contribution is 2.41. The van der Waals surface area contributed by atoms with E-state index in [4.69, 9.17) is 18.9 Å². The van der Waals surface area contributed by atoms with Crippen LogP contribution in [0.5, 0.6) is 5.75 Å². The number of hydrogen-bond donors (Lipinski definition) is 2. The minimum absolute atomic E-state index is 0.00428. The molecule has 0 bridgehead atoms. The third-order valence-electron chi connectivity index (χ3n) is 13.8. The van der Waals surface area contributed by atoms with Gasteiger partial charge in [0.2, 0.25) is 0 Å². The third-order valence-corrected chi connectivity index (χ3v) is 13.8. The first kappa shape index (κ1) is 60.5. The van der Waals surface area contributed by atoms with Crippen LogP contribution >= 0.6 is 0 Å². The molecule has 0 fully saturated rings. The fraction of sp³-hybridized carbons (Fsp3) is 0.672. The zero-order chi connectivity index (χ0) is 50.5. The number of unbranched alkanes of at least 4 members (excludes halogenated alkanes) is 14. The van der Waals surface area contributed by atoms with E-state index in [1.54, 1.807) is 7.11 Å². The molecule has 70 heavy (non-hydrogen) atoms. The van der Waals surface area contributed by atoms with Crippen molar-refractivity contribution in [2.24, 2.45) is 0 Å². The number of aliphatic hydroxyl groups excluding tert-OH is 2. The van der Waals surface area contributed by atoms with Crippen molar-refractivity contribution < 1.29 is 38.7 Å². The Kier molecular flexibility index (Phi) is 32.8. The first-order chi connectivity index (χ1) is 34.2. The Labute approximate surface area is 425 Å². The van der Waals surface area contributed by atoms with E-state index in [2.05, 4.69) is 69.0 Å². The summed E-state index contributed by atoms with van der Waals surface area (Å²) in [6.07, 6.45) is 24.7. The van der Waals surface area contributed by atoms with Crippen LogP contribution in [0.15, 0.2) is 84.9 Å². The molecule has 394 valence electrons. The van der Waals surface area contributed by atoms with E-state index in [0.29, 0.717) is 58.3 Å². The Bertz CT molecular complexity index is 1630. The number of aliphatic hydroxyl groups is 2. The fourth-order valence-corrected chi connectivity index (χ4v) is 9.61. The maximum atomic E-state index is 12.7.